The second-order valence-corrected chi connectivity index (χ2v) is 10.5. The van der Waals surface area contributed by atoms with E-state index in [1.807, 2.05) is 0 Å². The van der Waals surface area contributed by atoms with Gasteiger partial charge in [0.15, 0.2) is 5.79 Å². The molecule has 1 aromatic carbocycles. The van der Waals surface area contributed by atoms with Gasteiger partial charge in [0, 0.05) is 17.3 Å². The van der Waals surface area contributed by atoms with Crippen molar-refractivity contribution < 1.29 is 19.3 Å². The van der Waals surface area contributed by atoms with Gasteiger partial charge in [-0.15, -0.1) is 0 Å². The lowest BCUT2D eigenvalue weighted by atomic mass is 9.57. The van der Waals surface area contributed by atoms with Gasteiger partial charge < -0.3 is 19.3 Å². The third-order valence-corrected chi connectivity index (χ3v) is 9.14. The third kappa shape index (κ3) is 2.06. The Hall–Kier alpha value is -1.36. The zero-order chi connectivity index (χ0) is 21.0. The van der Waals surface area contributed by atoms with Crippen molar-refractivity contribution in [2.24, 2.45) is 23.2 Å². The van der Waals surface area contributed by atoms with Gasteiger partial charge in [0.1, 0.15) is 17.5 Å². The number of ether oxygens (including phenoxy) is 3. The fraction of sp³-hybridized carbons (Fsp3) is 0.680. The van der Waals surface area contributed by atoms with E-state index < -0.39 is 23.1 Å². The Morgan fingerprint density at radius 2 is 1.83 bits per heavy atom. The summed E-state index contributed by atoms with van der Waals surface area (Å²) < 4.78 is 19.4. The van der Waals surface area contributed by atoms with Crippen molar-refractivity contribution in [2.45, 2.75) is 77.5 Å². The van der Waals surface area contributed by atoms with Crippen LogP contribution in [0.3, 0.4) is 0 Å². The highest BCUT2D eigenvalue weighted by Crippen LogP contribution is 2.71. The Labute approximate surface area is 174 Å². The molecule has 4 aliphatic rings. The van der Waals surface area contributed by atoms with E-state index in [1.54, 1.807) is 7.11 Å². The maximum absolute atomic E-state index is 11.4. The van der Waals surface area contributed by atoms with Crippen molar-refractivity contribution in [1.82, 2.24) is 0 Å². The molecule has 2 heterocycles. The number of aliphatic hydroxyl groups is 1. The molecule has 2 saturated heterocycles. The molecule has 5 rings (SSSR count). The second-order valence-electron chi connectivity index (χ2n) is 10.5. The van der Waals surface area contributed by atoms with Gasteiger partial charge in [-0.05, 0) is 62.3 Å². The molecule has 4 heteroatoms. The lowest BCUT2D eigenvalue weighted by Gasteiger charge is -2.59. The molecule has 2 aliphatic heterocycles. The molecule has 29 heavy (non-hydrogen) atoms. The molecule has 1 saturated carbocycles. The number of hydrogen-bond donors (Lipinski definition) is 1. The Kier molecular flexibility index (Phi) is 3.82. The predicted octanol–water partition coefficient (Wildman–Crippen LogP) is 4.81. The molecule has 1 unspecified atom stereocenters. The van der Waals surface area contributed by atoms with E-state index in [0.29, 0.717) is 5.92 Å². The molecular formula is C25H34O4. The predicted molar refractivity (Wildman–Crippen MR) is 113 cm³/mol. The number of benzene rings is 1. The number of methoxy groups -OCH3 is 1. The zero-order valence-electron chi connectivity index (χ0n) is 18.7. The summed E-state index contributed by atoms with van der Waals surface area (Å²) in [4.78, 5) is 0. The Balaban J connectivity index is 1.72. The van der Waals surface area contributed by atoms with E-state index in [9.17, 15) is 5.11 Å². The summed E-state index contributed by atoms with van der Waals surface area (Å²) in [5, 5.41) is 11.4. The molecular weight excluding hydrogens is 364 g/mol. The van der Waals surface area contributed by atoms with E-state index in [4.69, 9.17) is 14.2 Å². The van der Waals surface area contributed by atoms with Crippen LogP contribution in [0.2, 0.25) is 0 Å². The summed E-state index contributed by atoms with van der Waals surface area (Å²) in [6.45, 7) is 12.9. The average Bonchev–Trinajstić information content (AvgIpc) is 3.00. The van der Waals surface area contributed by atoms with Crippen LogP contribution in [-0.2, 0) is 15.1 Å². The van der Waals surface area contributed by atoms with E-state index >= 15 is 0 Å². The number of rotatable bonds is 1. The van der Waals surface area contributed by atoms with Crippen LogP contribution >= 0.6 is 0 Å². The van der Waals surface area contributed by atoms with Gasteiger partial charge in [0.05, 0.1) is 12.7 Å². The van der Waals surface area contributed by atoms with Gasteiger partial charge in [-0.2, -0.15) is 0 Å². The van der Waals surface area contributed by atoms with Crippen molar-refractivity contribution >= 4 is 6.08 Å². The van der Waals surface area contributed by atoms with Gasteiger partial charge in [0.2, 0.25) is 0 Å². The fourth-order valence-electron chi connectivity index (χ4n) is 7.03. The van der Waals surface area contributed by atoms with Crippen molar-refractivity contribution in [3.8, 4) is 5.75 Å². The van der Waals surface area contributed by atoms with E-state index in [2.05, 4.69) is 65.8 Å². The smallest absolute Gasteiger partial charge is 0.199 e. The second kappa shape index (κ2) is 5.66. The van der Waals surface area contributed by atoms with Crippen LogP contribution < -0.4 is 4.74 Å². The molecule has 158 valence electrons. The summed E-state index contributed by atoms with van der Waals surface area (Å²) in [5.74, 6) is 0.418. The molecule has 7 atom stereocenters. The fourth-order valence-corrected chi connectivity index (χ4v) is 7.03. The molecule has 0 amide bonds. The van der Waals surface area contributed by atoms with Gasteiger partial charge in [-0.3, -0.25) is 0 Å². The highest BCUT2D eigenvalue weighted by molar-refractivity contribution is 5.67. The number of hydrogen-bond acceptors (Lipinski definition) is 4. The zero-order valence-corrected chi connectivity index (χ0v) is 18.7. The molecule has 1 aromatic rings. The van der Waals surface area contributed by atoms with Crippen molar-refractivity contribution in [3.63, 3.8) is 0 Å². The van der Waals surface area contributed by atoms with Crippen LogP contribution in [0.1, 0.15) is 64.2 Å². The minimum Gasteiger partial charge on any atom is -0.496 e. The summed E-state index contributed by atoms with van der Waals surface area (Å²) >= 11 is 0. The minimum atomic E-state index is -0.972. The summed E-state index contributed by atoms with van der Waals surface area (Å²) in [6, 6.07) is 4.23. The van der Waals surface area contributed by atoms with Crippen LogP contribution in [0.4, 0.5) is 0 Å². The normalized spacial score (nSPS) is 46.6. The number of aliphatic hydroxyl groups excluding tert-OH is 1. The first-order valence-corrected chi connectivity index (χ1v) is 11.0. The lowest BCUT2D eigenvalue weighted by molar-refractivity contribution is -0.382. The third-order valence-electron chi connectivity index (χ3n) is 9.14. The van der Waals surface area contributed by atoms with Crippen molar-refractivity contribution in [1.29, 1.82) is 0 Å². The maximum atomic E-state index is 11.4. The summed E-state index contributed by atoms with van der Waals surface area (Å²) in [6.07, 6.45) is 5.98. The van der Waals surface area contributed by atoms with Gasteiger partial charge in [0.25, 0.3) is 0 Å². The van der Waals surface area contributed by atoms with Gasteiger partial charge in [-0.25, -0.2) is 0 Å². The molecule has 4 nitrogen and oxygen atoms in total. The van der Waals surface area contributed by atoms with Gasteiger partial charge >= 0.3 is 0 Å². The van der Waals surface area contributed by atoms with E-state index in [1.165, 1.54) is 11.1 Å². The topological polar surface area (TPSA) is 47.9 Å². The highest BCUT2D eigenvalue weighted by Gasteiger charge is 2.74. The van der Waals surface area contributed by atoms with Crippen LogP contribution in [0, 0.1) is 30.1 Å². The highest BCUT2D eigenvalue weighted by atomic mass is 16.7. The molecule has 1 spiro atoms. The van der Waals surface area contributed by atoms with E-state index in [-0.39, 0.29) is 17.3 Å². The first kappa shape index (κ1) is 19.6. The van der Waals surface area contributed by atoms with Crippen LogP contribution in [0.5, 0.6) is 5.75 Å². The monoisotopic (exact) mass is 398 g/mol. The molecule has 2 bridgehead atoms. The Morgan fingerprint density at radius 3 is 2.45 bits per heavy atom. The minimum absolute atomic E-state index is 0.00122. The maximum Gasteiger partial charge on any atom is 0.199 e. The van der Waals surface area contributed by atoms with E-state index in [0.717, 1.165) is 24.2 Å². The average molecular weight is 399 g/mol. The number of fused-ring (bicyclic) bond motifs is 1. The molecule has 3 fully saturated rings. The van der Waals surface area contributed by atoms with Crippen molar-refractivity contribution in [3.05, 3.63) is 34.9 Å². The standard InChI is InChI=1S/C25H34O4/c1-14-17-10-12-23(6)18-11-13-24(23,19(17)8-9-20(14)27-7)29-25(15(18)2)21(26)16(3)22(4,5)28-25/h8-10,12,15-16,18,21,26H,11,13H2,1-7H3/t15-,16-,18+,21+,23?,24-,25-/m0/s1. The van der Waals surface area contributed by atoms with Crippen LogP contribution in [0.25, 0.3) is 6.08 Å². The quantitative estimate of drug-likeness (QED) is 0.737. The SMILES string of the molecule is COc1ccc2c(c1C)C=CC1(C)[C@@H]3CC[C@]21O[C@@]1(OC(C)(C)[C@@H](C)[C@H]1O)[C@H]3C. The lowest BCUT2D eigenvalue weighted by Crippen LogP contribution is -2.64. The van der Waals surface area contributed by atoms with Crippen molar-refractivity contribution in [2.75, 3.05) is 7.11 Å². The Morgan fingerprint density at radius 1 is 1.10 bits per heavy atom. The largest absolute Gasteiger partial charge is 0.496 e. The Bertz CT molecular complexity index is 904. The molecule has 1 N–H and O–H groups in total. The van der Waals surface area contributed by atoms with Crippen LogP contribution in [0.15, 0.2) is 18.2 Å². The first-order valence-electron chi connectivity index (χ1n) is 11.0. The summed E-state index contributed by atoms with van der Waals surface area (Å²) in [7, 11) is 1.72. The molecule has 0 aromatic heterocycles. The summed E-state index contributed by atoms with van der Waals surface area (Å²) in [5.41, 5.74) is 2.49. The van der Waals surface area contributed by atoms with Gasteiger partial charge in [-0.1, -0.05) is 39.0 Å². The molecule has 2 aliphatic carbocycles. The van der Waals surface area contributed by atoms with Crippen LogP contribution in [-0.4, -0.2) is 29.7 Å². The molecule has 0 radical (unpaired) electrons. The first-order chi connectivity index (χ1) is 13.5.